The van der Waals surface area contributed by atoms with Crippen molar-refractivity contribution in [1.82, 2.24) is 9.80 Å². The van der Waals surface area contributed by atoms with Crippen LogP contribution in [0.15, 0.2) is 0 Å². The van der Waals surface area contributed by atoms with Gasteiger partial charge < -0.3 is 0 Å². The third-order valence-corrected chi connectivity index (χ3v) is 4.28. The number of hydrogen-bond donors (Lipinski definition) is 0. The molecular weight excluding hydrogens is 284 g/mol. The average molecular weight is 308 g/mol. The first-order chi connectivity index (χ1) is 10.6. The topological polar surface area (TPSA) is 74.8 Å². The van der Waals surface area contributed by atoms with E-state index in [-0.39, 0.29) is 23.6 Å². The van der Waals surface area contributed by atoms with Gasteiger partial charge in [0.05, 0.1) is 0 Å². The summed E-state index contributed by atoms with van der Waals surface area (Å²) in [5, 5.41) is 0. The van der Waals surface area contributed by atoms with Crippen LogP contribution < -0.4 is 0 Å². The molecule has 22 heavy (non-hydrogen) atoms. The highest BCUT2D eigenvalue weighted by atomic mass is 16.2. The minimum absolute atomic E-state index is 0.0776. The van der Waals surface area contributed by atoms with Crippen molar-refractivity contribution in [1.29, 1.82) is 0 Å². The molecule has 4 amide bonds. The Morgan fingerprint density at radius 2 is 1.14 bits per heavy atom. The zero-order valence-corrected chi connectivity index (χ0v) is 13.0. The fourth-order valence-electron chi connectivity index (χ4n) is 2.96. The molecule has 0 spiro atoms. The predicted octanol–water partition coefficient (Wildman–Crippen LogP) is 1.62. The summed E-state index contributed by atoms with van der Waals surface area (Å²) in [5.74, 6) is -0.421. The van der Waals surface area contributed by atoms with Crippen molar-refractivity contribution >= 4 is 23.6 Å². The van der Waals surface area contributed by atoms with E-state index in [1.807, 2.05) is 0 Å². The summed E-state index contributed by atoms with van der Waals surface area (Å²) in [6.45, 7) is 1.05. The lowest BCUT2D eigenvalue weighted by molar-refractivity contribution is -0.148. The largest absolute Gasteiger partial charge is 0.283 e. The number of unbranched alkanes of at least 4 members (excludes halogenated alkanes) is 1. The smallest absolute Gasteiger partial charge is 0.229 e. The zero-order chi connectivity index (χ0) is 15.9. The van der Waals surface area contributed by atoms with Crippen molar-refractivity contribution in [2.45, 2.75) is 64.2 Å². The minimum atomic E-state index is -0.133. The summed E-state index contributed by atoms with van der Waals surface area (Å²) in [7, 11) is 0. The summed E-state index contributed by atoms with van der Waals surface area (Å²) < 4.78 is 0. The van der Waals surface area contributed by atoms with Gasteiger partial charge in [0.15, 0.2) is 0 Å². The maximum absolute atomic E-state index is 12.0. The molecule has 6 heteroatoms. The lowest BCUT2D eigenvalue weighted by Gasteiger charge is -2.25. The van der Waals surface area contributed by atoms with Crippen molar-refractivity contribution < 1.29 is 19.2 Å². The van der Waals surface area contributed by atoms with Crippen LogP contribution >= 0.6 is 0 Å². The van der Waals surface area contributed by atoms with Crippen molar-refractivity contribution in [3.8, 4) is 0 Å². The number of rotatable bonds is 5. The first-order valence-corrected chi connectivity index (χ1v) is 8.26. The Morgan fingerprint density at radius 3 is 1.50 bits per heavy atom. The van der Waals surface area contributed by atoms with Crippen molar-refractivity contribution in [3.05, 3.63) is 0 Å². The molecule has 0 N–H and O–H groups in total. The van der Waals surface area contributed by atoms with Gasteiger partial charge in [0.25, 0.3) is 0 Å². The number of likely N-dealkylation sites (tertiary alicyclic amines) is 2. The third kappa shape index (κ3) is 4.39. The highest BCUT2D eigenvalue weighted by Crippen LogP contribution is 2.15. The molecule has 122 valence electrons. The van der Waals surface area contributed by atoms with Gasteiger partial charge in [-0.2, -0.15) is 0 Å². The number of imide groups is 2. The van der Waals surface area contributed by atoms with Crippen LogP contribution in [-0.2, 0) is 19.2 Å². The molecule has 2 aliphatic rings. The third-order valence-electron chi connectivity index (χ3n) is 4.28. The van der Waals surface area contributed by atoms with Gasteiger partial charge in [0.1, 0.15) is 0 Å². The maximum Gasteiger partial charge on any atom is 0.229 e. The maximum atomic E-state index is 12.0. The van der Waals surface area contributed by atoms with Gasteiger partial charge in [-0.05, 0) is 38.5 Å². The highest BCUT2D eigenvalue weighted by molar-refractivity contribution is 5.96. The number of hydrogen-bond acceptors (Lipinski definition) is 4. The van der Waals surface area contributed by atoms with E-state index in [9.17, 15) is 19.2 Å². The summed E-state index contributed by atoms with van der Waals surface area (Å²) in [6, 6.07) is 0. The van der Waals surface area contributed by atoms with Crippen LogP contribution in [0.3, 0.4) is 0 Å². The molecule has 0 radical (unpaired) electrons. The van der Waals surface area contributed by atoms with Gasteiger partial charge in [0.2, 0.25) is 23.6 Å². The van der Waals surface area contributed by atoms with E-state index in [1.165, 1.54) is 9.80 Å². The number of amides is 4. The lowest BCUT2D eigenvalue weighted by Crippen LogP contribution is -2.40. The van der Waals surface area contributed by atoms with Gasteiger partial charge in [-0.1, -0.05) is 0 Å². The number of carbonyl (C=O) groups excluding carboxylic acids is 4. The molecule has 0 atom stereocenters. The molecule has 0 aromatic rings. The van der Waals surface area contributed by atoms with Crippen molar-refractivity contribution in [2.24, 2.45) is 0 Å². The molecule has 6 nitrogen and oxygen atoms in total. The van der Waals surface area contributed by atoms with Gasteiger partial charge >= 0.3 is 0 Å². The van der Waals surface area contributed by atoms with Gasteiger partial charge in [0, 0.05) is 38.8 Å². The minimum Gasteiger partial charge on any atom is -0.283 e. The Kier molecular flexibility index (Phi) is 6.10. The Hall–Kier alpha value is -1.72. The van der Waals surface area contributed by atoms with Crippen LogP contribution in [0.25, 0.3) is 0 Å². The second kappa shape index (κ2) is 8.06. The normalized spacial score (nSPS) is 19.5. The van der Waals surface area contributed by atoms with E-state index in [1.54, 1.807) is 0 Å². The van der Waals surface area contributed by atoms with E-state index < -0.39 is 0 Å². The summed E-state index contributed by atoms with van der Waals surface area (Å²) in [4.78, 5) is 49.9. The highest BCUT2D eigenvalue weighted by Gasteiger charge is 2.25. The average Bonchev–Trinajstić information content (AvgIpc) is 2.52. The molecule has 0 unspecified atom stereocenters. The van der Waals surface area contributed by atoms with Crippen LogP contribution in [-0.4, -0.2) is 46.5 Å². The molecule has 0 aromatic heterocycles. The molecule has 0 aliphatic carbocycles. The fraction of sp³-hybridized carbons (Fsp3) is 0.750. The molecule has 2 fully saturated rings. The molecule has 0 aromatic carbocycles. The Labute approximate surface area is 130 Å². The van der Waals surface area contributed by atoms with E-state index in [2.05, 4.69) is 0 Å². The molecule has 0 saturated carbocycles. The fourth-order valence-corrected chi connectivity index (χ4v) is 2.96. The Bertz CT molecular complexity index is 419. The van der Waals surface area contributed by atoms with Gasteiger partial charge in [-0.15, -0.1) is 0 Å². The van der Waals surface area contributed by atoms with Crippen LogP contribution in [0, 0.1) is 0 Å². The number of carbonyl (C=O) groups is 4. The quantitative estimate of drug-likeness (QED) is 0.723. The monoisotopic (exact) mass is 308 g/mol. The number of nitrogens with zero attached hydrogens (tertiary/aromatic N) is 2. The standard InChI is InChI=1S/C16H24N2O4/c19-13(17-11-5-3-9-15(17)21)7-1-2-8-14(20)18-12-6-4-10-16(18)22/h1-12H2. The summed E-state index contributed by atoms with van der Waals surface area (Å²) in [6.07, 6.45) is 6.16. The SMILES string of the molecule is O=C(CCCCC(=O)N1CCCCC1=O)N1CCCCC1=O. The zero-order valence-electron chi connectivity index (χ0n) is 13.0. The first-order valence-electron chi connectivity index (χ1n) is 8.26. The summed E-state index contributed by atoms with van der Waals surface area (Å²) in [5.41, 5.74) is 0. The second-order valence-electron chi connectivity index (χ2n) is 6.00. The second-order valence-corrected chi connectivity index (χ2v) is 6.00. The van der Waals surface area contributed by atoms with Crippen molar-refractivity contribution in [3.63, 3.8) is 0 Å². The number of piperidine rings is 2. The van der Waals surface area contributed by atoms with Crippen molar-refractivity contribution in [2.75, 3.05) is 13.1 Å². The Morgan fingerprint density at radius 1 is 0.727 bits per heavy atom. The van der Waals surface area contributed by atoms with Crippen LogP contribution in [0.1, 0.15) is 64.2 Å². The van der Waals surface area contributed by atoms with E-state index in [0.717, 1.165) is 25.7 Å². The van der Waals surface area contributed by atoms with E-state index >= 15 is 0 Å². The molecule has 2 saturated heterocycles. The first kappa shape index (κ1) is 16.6. The Balaban J connectivity index is 1.66. The van der Waals surface area contributed by atoms with Gasteiger partial charge in [-0.25, -0.2) is 0 Å². The molecular formula is C16H24N2O4. The molecule has 2 heterocycles. The molecule has 0 bridgehead atoms. The van der Waals surface area contributed by atoms with Gasteiger partial charge in [-0.3, -0.25) is 29.0 Å². The van der Waals surface area contributed by atoms with E-state index in [0.29, 0.717) is 51.6 Å². The molecule has 2 aliphatic heterocycles. The summed E-state index contributed by atoms with van der Waals surface area (Å²) >= 11 is 0. The van der Waals surface area contributed by atoms with Crippen LogP contribution in [0.4, 0.5) is 0 Å². The van der Waals surface area contributed by atoms with Crippen LogP contribution in [0.5, 0.6) is 0 Å². The van der Waals surface area contributed by atoms with Crippen LogP contribution in [0.2, 0.25) is 0 Å². The lowest BCUT2D eigenvalue weighted by atomic mass is 10.1. The van der Waals surface area contributed by atoms with E-state index in [4.69, 9.17) is 0 Å². The molecule has 2 rings (SSSR count). The predicted molar refractivity (Wildman–Crippen MR) is 79.6 cm³/mol.